The number of fused-ring (bicyclic) bond motifs is 2. The second-order valence-corrected chi connectivity index (χ2v) is 7.54. The first kappa shape index (κ1) is 15.8. The van der Waals surface area contributed by atoms with Crippen molar-refractivity contribution < 1.29 is 4.92 Å². The third kappa shape index (κ3) is 3.37. The van der Waals surface area contributed by atoms with Crippen LogP contribution in [0.25, 0.3) is 0 Å². The number of hydrogen-bond donors (Lipinski definition) is 0. The molecule has 0 spiro atoms. The highest BCUT2D eigenvalue weighted by atomic mass is 16.6. The monoisotopic (exact) mass is 327 g/mol. The molecule has 0 aromatic heterocycles. The number of rotatable bonds is 5. The van der Waals surface area contributed by atoms with Gasteiger partial charge < -0.3 is 4.90 Å². The summed E-state index contributed by atoms with van der Waals surface area (Å²) in [6.45, 7) is 6.40. The zero-order valence-corrected chi connectivity index (χ0v) is 14.0. The molecular formula is C19H25N3O2. The van der Waals surface area contributed by atoms with Crippen LogP contribution in [-0.4, -0.2) is 47.4 Å². The largest absolute Gasteiger partial charge is 0.300 e. The molecule has 4 rings (SSSR count). The zero-order chi connectivity index (χ0) is 16.5. The van der Waals surface area contributed by atoms with Crippen LogP contribution in [0.2, 0.25) is 0 Å². The Morgan fingerprint density at radius 1 is 1.08 bits per heavy atom. The summed E-state index contributed by atoms with van der Waals surface area (Å²) in [5.74, 6) is 2.55. The second-order valence-electron chi connectivity index (χ2n) is 7.54. The van der Waals surface area contributed by atoms with Crippen LogP contribution in [-0.2, 0) is 6.54 Å². The smallest absolute Gasteiger partial charge is 0.269 e. The first-order chi connectivity index (χ1) is 11.7. The third-order valence-corrected chi connectivity index (χ3v) is 5.90. The molecule has 3 atom stereocenters. The van der Waals surface area contributed by atoms with Crippen LogP contribution in [0.15, 0.2) is 36.4 Å². The van der Waals surface area contributed by atoms with Gasteiger partial charge in [-0.3, -0.25) is 15.0 Å². The molecule has 2 fully saturated rings. The minimum absolute atomic E-state index is 0.190. The van der Waals surface area contributed by atoms with Gasteiger partial charge in [0, 0.05) is 51.4 Å². The van der Waals surface area contributed by atoms with Gasteiger partial charge in [-0.15, -0.1) is 0 Å². The molecule has 2 aliphatic carbocycles. The number of nitro benzene ring substituents is 1. The van der Waals surface area contributed by atoms with Crippen molar-refractivity contribution in [3.05, 3.63) is 52.1 Å². The van der Waals surface area contributed by atoms with Gasteiger partial charge in [-0.1, -0.05) is 24.3 Å². The number of nitrogens with zero attached hydrogens (tertiary/aromatic N) is 3. The van der Waals surface area contributed by atoms with E-state index >= 15 is 0 Å². The van der Waals surface area contributed by atoms with E-state index in [1.807, 2.05) is 6.07 Å². The van der Waals surface area contributed by atoms with Gasteiger partial charge in [-0.05, 0) is 36.2 Å². The van der Waals surface area contributed by atoms with Crippen LogP contribution >= 0.6 is 0 Å². The Balaban J connectivity index is 1.26. The molecule has 3 aliphatic rings. The molecule has 1 saturated heterocycles. The molecule has 5 heteroatoms. The number of allylic oxidation sites excluding steroid dienone is 2. The highest BCUT2D eigenvalue weighted by Gasteiger charge is 2.36. The average Bonchev–Trinajstić information content (AvgIpc) is 3.20. The Kier molecular flexibility index (Phi) is 4.37. The van der Waals surface area contributed by atoms with Gasteiger partial charge in [0.15, 0.2) is 0 Å². The SMILES string of the molecule is O=[N+]([O-])c1cccc(CN2CCN(C[C@@H]3C[C@H]4C=C[C@H]3C4)CC2)c1. The molecule has 1 heterocycles. The Labute approximate surface area is 143 Å². The van der Waals surface area contributed by atoms with Crippen LogP contribution in [0.3, 0.4) is 0 Å². The first-order valence-electron chi connectivity index (χ1n) is 9.04. The lowest BCUT2D eigenvalue weighted by atomic mass is 9.93. The van der Waals surface area contributed by atoms with Crippen molar-refractivity contribution in [2.75, 3.05) is 32.7 Å². The molecule has 0 unspecified atom stereocenters. The number of non-ortho nitro benzene ring substituents is 1. The summed E-state index contributed by atoms with van der Waals surface area (Å²) >= 11 is 0. The van der Waals surface area contributed by atoms with Gasteiger partial charge in [-0.2, -0.15) is 0 Å². The fraction of sp³-hybridized carbons (Fsp3) is 0.579. The molecule has 0 N–H and O–H groups in total. The highest BCUT2D eigenvalue weighted by molar-refractivity contribution is 5.34. The van der Waals surface area contributed by atoms with Gasteiger partial charge >= 0.3 is 0 Å². The summed E-state index contributed by atoms with van der Waals surface area (Å²) in [5, 5.41) is 10.9. The summed E-state index contributed by atoms with van der Waals surface area (Å²) in [5.41, 5.74) is 1.23. The molecule has 1 aliphatic heterocycles. The van der Waals surface area contributed by atoms with Crippen molar-refractivity contribution in [1.82, 2.24) is 9.80 Å². The predicted octanol–water partition coefficient (Wildman–Crippen LogP) is 2.92. The van der Waals surface area contributed by atoms with Crippen LogP contribution in [0.1, 0.15) is 18.4 Å². The fourth-order valence-electron chi connectivity index (χ4n) is 4.59. The normalized spacial score (nSPS) is 30.1. The van der Waals surface area contributed by atoms with Crippen molar-refractivity contribution >= 4 is 5.69 Å². The number of hydrogen-bond acceptors (Lipinski definition) is 4. The van der Waals surface area contributed by atoms with Crippen molar-refractivity contribution in [2.24, 2.45) is 17.8 Å². The second kappa shape index (κ2) is 6.65. The minimum Gasteiger partial charge on any atom is -0.300 e. The van der Waals surface area contributed by atoms with Crippen molar-refractivity contribution in [3.63, 3.8) is 0 Å². The zero-order valence-electron chi connectivity index (χ0n) is 14.0. The average molecular weight is 327 g/mol. The Morgan fingerprint density at radius 3 is 2.54 bits per heavy atom. The Bertz CT molecular complexity index is 637. The lowest BCUT2D eigenvalue weighted by Crippen LogP contribution is -2.47. The standard InChI is InChI=1S/C19H25N3O2/c23-22(24)19-3-1-2-16(12-19)13-20-6-8-21(9-7-20)14-18-11-15-4-5-17(18)10-15/h1-5,12,15,17-18H,6-11,13-14H2/t15-,17-,18-/m0/s1. The molecule has 1 saturated carbocycles. The summed E-state index contributed by atoms with van der Waals surface area (Å²) in [7, 11) is 0. The van der Waals surface area contributed by atoms with E-state index < -0.39 is 0 Å². The van der Waals surface area contributed by atoms with Crippen molar-refractivity contribution in [2.45, 2.75) is 19.4 Å². The van der Waals surface area contributed by atoms with E-state index in [0.29, 0.717) is 0 Å². The van der Waals surface area contributed by atoms with E-state index in [4.69, 9.17) is 0 Å². The van der Waals surface area contributed by atoms with Gasteiger partial charge in [0.05, 0.1) is 4.92 Å². The van der Waals surface area contributed by atoms with Gasteiger partial charge in [0.1, 0.15) is 0 Å². The number of nitro groups is 1. The van der Waals surface area contributed by atoms with Gasteiger partial charge in [-0.25, -0.2) is 0 Å². The molecule has 24 heavy (non-hydrogen) atoms. The molecule has 128 valence electrons. The molecule has 0 amide bonds. The molecule has 1 aromatic carbocycles. The molecular weight excluding hydrogens is 302 g/mol. The van der Waals surface area contributed by atoms with Gasteiger partial charge in [0.2, 0.25) is 0 Å². The Hall–Kier alpha value is -1.72. The van der Waals surface area contributed by atoms with Crippen LogP contribution in [0.4, 0.5) is 5.69 Å². The quantitative estimate of drug-likeness (QED) is 0.474. The van der Waals surface area contributed by atoms with Crippen molar-refractivity contribution in [3.8, 4) is 0 Å². The summed E-state index contributed by atoms with van der Waals surface area (Å²) in [4.78, 5) is 15.6. The Morgan fingerprint density at radius 2 is 1.88 bits per heavy atom. The highest BCUT2D eigenvalue weighted by Crippen LogP contribution is 2.43. The lowest BCUT2D eigenvalue weighted by Gasteiger charge is -2.37. The van der Waals surface area contributed by atoms with E-state index in [1.54, 1.807) is 18.2 Å². The summed E-state index contributed by atoms with van der Waals surface area (Å²) < 4.78 is 0. The fourth-order valence-corrected chi connectivity index (χ4v) is 4.59. The predicted molar refractivity (Wildman–Crippen MR) is 93.7 cm³/mol. The van der Waals surface area contributed by atoms with Gasteiger partial charge in [0.25, 0.3) is 5.69 Å². The van der Waals surface area contributed by atoms with Crippen molar-refractivity contribution in [1.29, 1.82) is 0 Å². The first-order valence-corrected chi connectivity index (χ1v) is 9.04. The van der Waals surface area contributed by atoms with E-state index in [-0.39, 0.29) is 10.6 Å². The molecule has 5 nitrogen and oxygen atoms in total. The number of benzene rings is 1. The molecule has 2 bridgehead atoms. The lowest BCUT2D eigenvalue weighted by molar-refractivity contribution is -0.384. The maximum absolute atomic E-state index is 10.9. The molecule has 0 radical (unpaired) electrons. The summed E-state index contributed by atoms with van der Waals surface area (Å²) in [6.07, 6.45) is 7.63. The maximum atomic E-state index is 10.9. The van der Waals surface area contributed by atoms with Crippen LogP contribution in [0.5, 0.6) is 0 Å². The summed E-state index contributed by atoms with van der Waals surface area (Å²) in [6, 6.07) is 7.03. The molecule has 1 aromatic rings. The number of piperazine rings is 1. The topological polar surface area (TPSA) is 49.6 Å². The third-order valence-electron chi connectivity index (χ3n) is 5.90. The minimum atomic E-state index is -0.314. The maximum Gasteiger partial charge on any atom is 0.269 e. The van der Waals surface area contributed by atoms with Crippen LogP contribution < -0.4 is 0 Å². The van der Waals surface area contributed by atoms with E-state index in [1.165, 1.54) is 19.4 Å². The van der Waals surface area contributed by atoms with Crippen LogP contribution in [0, 0.1) is 27.9 Å². The van der Waals surface area contributed by atoms with E-state index in [9.17, 15) is 10.1 Å². The van der Waals surface area contributed by atoms with E-state index in [2.05, 4.69) is 22.0 Å². The van der Waals surface area contributed by atoms with E-state index in [0.717, 1.165) is 56.0 Å².